The molecule has 10 heteroatoms. The van der Waals surface area contributed by atoms with Gasteiger partial charge in [0.1, 0.15) is 11.6 Å². The highest BCUT2D eigenvalue weighted by atomic mass is 35.5. The third kappa shape index (κ3) is 6.83. The molecule has 9 nitrogen and oxygen atoms in total. The van der Waals surface area contributed by atoms with Gasteiger partial charge in [-0.3, -0.25) is 15.1 Å². The molecule has 2 aromatic rings. The SMILES string of the molecule is [C-]#[N+]c1ccc(NC(=O)Nc2cc(Cl)ccc2OCCCC(=O)N2CCN(C)CC2)nc1. The smallest absolute Gasteiger partial charge is 0.324 e. The maximum absolute atomic E-state index is 12.3. The van der Waals surface area contributed by atoms with Crippen LogP contribution in [-0.4, -0.2) is 66.6 Å². The Morgan fingerprint density at radius 3 is 2.66 bits per heavy atom. The van der Waals surface area contributed by atoms with Crippen LogP contribution in [0.15, 0.2) is 36.5 Å². The van der Waals surface area contributed by atoms with Crippen molar-refractivity contribution >= 4 is 40.7 Å². The van der Waals surface area contributed by atoms with Crippen molar-refractivity contribution in [1.29, 1.82) is 0 Å². The predicted molar refractivity (Wildman–Crippen MR) is 123 cm³/mol. The van der Waals surface area contributed by atoms with E-state index in [0.717, 1.165) is 26.2 Å². The molecule has 1 fully saturated rings. The van der Waals surface area contributed by atoms with Crippen LogP contribution >= 0.6 is 11.6 Å². The summed E-state index contributed by atoms with van der Waals surface area (Å²) in [6.07, 6.45) is 2.35. The van der Waals surface area contributed by atoms with Crippen LogP contribution in [0.1, 0.15) is 12.8 Å². The summed E-state index contributed by atoms with van der Waals surface area (Å²) in [7, 11) is 2.05. The minimum absolute atomic E-state index is 0.132. The zero-order valence-corrected chi connectivity index (χ0v) is 18.6. The number of pyridine rings is 1. The van der Waals surface area contributed by atoms with Crippen molar-refractivity contribution in [2.24, 2.45) is 0 Å². The van der Waals surface area contributed by atoms with Crippen molar-refractivity contribution in [1.82, 2.24) is 14.8 Å². The van der Waals surface area contributed by atoms with Crippen molar-refractivity contribution in [3.05, 3.63) is 53.0 Å². The Labute approximate surface area is 192 Å². The van der Waals surface area contributed by atoms with Gasteiger partial charge in [-0.25, -0.2) is 9.64 Å². The third-order valence-corrected chi connectivity index (χ3v) is 5.19. The van der Waals surface area contributed by atoms with E-state index in [1.165, 1.54) is 6.20 Å². The number of carbonyl (C=O) groups excluding carboxylic acids is 2. The van der Waals surface area contributed by atoms with Crippen LogP contribution < -0.4 is 15.4 Å². The molecule has 1 aromatic heterocycles. The van der Waals surface area contributed by atoms with Gasteiger partial charge in [0.05, 0.1) is 18.9 Å². The van der Waals surface area contributed by atoms with Crippen LogP contribution in [0.3, 0.4) is 0 Å². The van der Waals surface area contributed by atoms with Gasteiger partial charge >= 0.3 is 6.03 Å². The van der Waals surface area contributed by atoms with E-state index >= 15 is 0 Å². The largest absolute Gasteiger partial charge is 0.491 e. The molecular formula is C22H25ClN6O3. The number of halogens is 1. The number of piperazine rings is 1. The lowest BCUT2D eigenvalue weighted by Gasteiger charge is -2.32. The molecule has 3 amide bonds. The van der Waals surface area contributed by atoms with Crippen molar-refractivity contribution in [2.75, 3.05) is 50.5 Å². The Kier molecular flexibility index (Phi) is 8.25. The van der Waals surface area contributed by atoms with Crippen molar-refractivity contribution in [2.45, 2.75) is 12.8 Å². The molecule has 1 saturated heterocycles. The predicted octanol–water partition coefficient (Wildman–Crippen LogP) is 3.86. The highest BCUT2D eigenvalue weighted by molar-refractivity contribution is 6.31. The number of benzene rings is 1. The number of nitrogens with zero attached hydrogens (tertiary/aromatic N) is 4. The van der Waals surface area contributed by atoms with Crippen molar-refractivity contribution < 1.29 is 14.3 Å². The monoisotopic (exact) mass is 456 g/mol. The first kappa shape index (κ1) is 23.3. The molecule has 1 aliphatic heterocycles. The lowest BCUT2D eigenvalue weighted by Crippen LogP contribution is -2.47. The topological polar surface area (TPSA) is 91.2 Å². The summed E-state index contributed by atoms with van der Waals surface area (Å²) in [5.74, 6) is 0.891. The molecule has 0 unspecified atom stereocenters. The molecule has 0 aliphatic carbocycles. The Hall–Kier alpha value is -3.35. The second-order valence-corrected chi connectivity index (χ2v) is 7.81. The van der Waals surface area contributed by atoms with Crippen molar-refractivity contribution in [3.8, 4) is 5.75 Å². The minimum atomic E-state index is -0.523. The van der Waals surface area contributed by atoms with Crippen LogP contribution in [0.2, 0.25) is 5.02 Å². The number of amides is 3. The van der Waals surface area contributed by atoms with Gasteiger partial charge in [-0.2, -0.15) is 0 Å². The number of nitrogens with one attached hydrogen (secondary N) is 2. The molecule has 168 valence electrons. The average molecular weight is 457 g/mol. The van der Waals surface area contributed by atoms with E-state index in [1.54, 1.807) is 30.3 Å². The quantitative estimate of drug-likeness (QED) is 0.487. The van der Waals surface area contributed by atoms with Crippen LogP contribution in [-0.2, 0) is 4.79 Å². The fraction of sp³-hybridized carbons (Fsp3) is 0.364. The molecule has 32 heavy (non-hydrogen) atoms. The van der Waals surface area contributed by atoms with Crippen molar-refractivity contribution in [3.63, 3.8) is 0 Å². The Bertz CT molecular complexity index is 984. The Morgan fingerprint density at radius 1 is 1.19 bits per heavy atom. The second-order valence-electron chi connectivity index (χ2n) is 7.37. The molecule has 2 heterocycles. The minimum Gasteiger partial charge on any atom is -0.491 e. The third-order valence-electron chi connectivity index (χ3n) is 4.96. The molecule has 1 aromatic carbocycles. The normalized spacial score (nSPS) is 13.8. The number of urea groups is 1. The fourth-order valence-corrected chi connectivity index (χ4v) is 3.31. The number of carbonyl (C=O) groups is 2. The zero-order chi connectivity index (χ0) is 22.9. The van der Waals surface area contributed by atoms with E-state index in [9.17, 15) is 9.59 Å². The van der Waals surface area contributed by atoms with Crippen LogP contribution in [0.4, 0.5) is 22.0 Å². The van der Waals surface area contributed by atoms with Gasteiger partial charge in [0.2, 0.25) is 11.6 Å². The molecule has 0 spiro atoms. The van der Waals surface area contributed by atoms with E-state index in [0.29, 0.717) is 47.4 Å². The van der Waals surface area contributed by atoms with Gasteiger partial charge in [-0.1, -0.05) is 17.7 Å². The number of ether oxygens (including phenoxy) is 1. The lowest BCUT2D eigenvalue weighted by molar-refractivity contribution is -0.133. The standard InChI is InChI=1S/C22H25ClN6O3/c1-24-17-6-8-20(25-15-17)27-22(31)26-18-14-16(23)5-7-19(18)32-13-3-4-21(30)29-11-9-28(2)10-12-29/h5-8,14-15H,3-4,9-13H2,2H3,(H2,25,26,27,31). The highest BCUT2D eigenvalue weighted by Gasteiger charge is 2.18. The number of rotatable bonds is 7. The molecule has 0 radical (unpaired) electrons. The van der Waals surface area contributed by atoms with Crippen LogP contribution in [0.5, 0.6) is 5.75 Å². The molecule has 0 atom stereocenters. The van der Waals surface area contributed by atoms with E-state index in [2.05, 4.69) is 32.4 Å². The summed E-state index contributed by atoms with van der Waals surface area (Å²) in [5.41, 5.74) is 0.783. The Morgan fingerprint density at radius 2 is 1.97 bits per heavy atom. The first-order chi connectivity index (χ1) is 15.4. The first-order valence-corrected chi connectivity index (χ1v) is 10.6. The number of anilines is 2. The number of hydrogen-bond acceptors (Lipinski definition) is 5. The maximum Gasteiger partial charge on any atom is 0.324 e. The van der Waals surface area contributed by atoms with Gasteiger partial charge in [-0.15, -0.1) is 0 Å². The molecule has 1 aliphatic rings. The molecular weight excluding hydrogens is 432 g/mol. The molecule has 0 bridgehead atoms. The second kappa shape index (κ2) is 11.3. The first-order valence-electron chi connectivity index (χ1n) is 10.2. The average Bonchev–Trinajstić information content (AvgIpc) is 2.78. The van der Waals surface area contributed by atoms with E-state index in [4.69, 9.17) is 22.9 Å². The van der Waals surface area contributed by atoms with E-state index in [-0.39, 0.29) is 5.91 Å². The summed E-state index contributed by atoms with van der Waals surface area (Å²) in [5, 5.41) is 5.73. The van der Waals surface area contributed by atoms with E-state index < -0.39 is 6.03 Å². The molecule has 0 saturated carbocycles. The number of aromatic nitrogens is 1. The van der Waals surface area contributed by atoms with Gasteiger partial charge in [0.15, 0.2) is 0 Å². The van der Waals surface area contributed by atoms with Gasteiger partial charge in [0.25, 0.3) is 0 Å². The van der Waals surface area contributed by atoms with Gasteiger partial charge in [-0.05, 0) is 37.7 Å². The summed E-state index contributed by atoms with van der Waals surface area (Å²) in [4.78, 5) is 36.0. The maximum atomic E-state index is 12.3. The Balaban J connectivity index is 1.50. The van der Waals surface area contributed by atoms with Gasteiger partial charge < -0.3 is 19.9 Å². The molecule has 2 N–H and O–H groups in total. The number of likely N-dealkylation sites (N-methyl/N-ethyl adjacent to an activating group) is 1. The molecule has 3 rings (SSSR count). The van der Waals surface area contributed by atoms with E-state index in [1.807, 2.05) is 4.90 Å². The van der Waals surface area contributed by atoms with Crippen LogP contribution in [0, 0.1) is 6.57 Å². The lowest BCUT2D eigenvalue weighted by atomic mass is 10.2. The zero-order valence-electron chi connectivity index (χ0n) is 17.8. The fourth-order valence-electron chi connectivity index (χ4n) is 3.14. The number of hydrogen-bond donors (Lipinski definition) is 2. The van der Waals surface area contributed by atoms with Crippen LogP contribution in [0.25, 0.3) is 4.85 Å². The van der Waals surface area contributed by atoms with Gasteiger partial charge in [0, 0.05) is 43.8 Å². The highest BCUT2D eigenvalue weighted by Crippen LogP contribution is 2.28. The summed E-state index contributed by atoms with van der Waals surface area (Å²) >= 11 is 6.07. The summed E-state index contributed by atoms with van der Waals surface area (Å²) in [6, 6.07) is 7.50. The summed E-state index contributed by atoms with van der Waals surface area (Å²) < 4.78 is 5.80. The summed E-state index contributed by atoms with van der Waals surface area (Å²) in [6.45, 7) is 10.6.